The molecule has 2 aliphatic rings. The van der Waals surface area contributed by atoms with E-state index >= 15 is 13.2 Å². The number of esters is 1. The molecule has 58 heavy (non-hydrogen) atoms. The molecule has 2 aliphatic heterocycles. The number of hydrogen-bond acceptors (Lipinski definition) is 11. The number of carbonyl (C=O) groups is 3. The van der Waals surface area contributed by atoms with Crippen LogP contribution >= 0.6 is 11.3 Å². The lowest BCUT2D eigenvalue weighted by atomic mass is 9.94. The average Bonchev–Trinajstić information content (AvgIpc) is 3.59. The minimum atomic E-state index is -4.86. The lowest BCUT2D eigenvalue weighted by molar-refractivity contribution is -0.139. The fourth-order valence-electron chi connectivity index (χ4n) is 7.22. The molecule has 4 heterocycles. The Hall–Kier alpha value is -5.58. The summed E-state index contributed by atoms with van der Waals surface area (Å²) in [6.07, 6.45) is -4.31. The number of nitrogens with one attached hydrogen (secondary N) is 1. The smallest absolute Gasteiger partial charge is 0.420 e. The number of ether oxygens (including phenoxy) is 2. The molecule has 0 atom stereocenters. The molecule has 0 saturated carbocycles. The van der Waals surface area contributed by atoms with Gasteiger partial charge in [0.25, 0.3) is 5.91 Å². The number of hydrogen-bond donors (Lipinski definition) is 2. The predicted octanol–water partition coefficient (Wildman–Crippen LogP) is 7.23. The minimum Gasteiger partial charge on any atom is -0.492 e. The molecule has 1 amide bonds. The van der Waals surface area contributed by atoms with E-state index in [2.05, 4.69) is 15.3 Å². The predicted molar refractivity (Wildman–Crippen MR) is 215 cm³/mol. The summed E-state index contributed by atoms with van der Waals surface area (Å²) in [5.74, 6) is -2.18. The number of fused-ring (bicyclic) bond motifs is 2. The number of alkyl halides is 3. The second-order valence-electron chi connectivity index (χ2n) is 15.2. The first-order chi connectivity index (χ1) is 27.6. The van der Waals surface area contributed by atoms with Crippen LogP contribution in [0.3, 0.4) is 0 Å². The van der Waals surface area contributed by atoms with E-state index in [0.717, 1.165) is 21.3 Å². The maximum atomic E-state index is 15.0. The summed E-state index contributed by atoms with van der Waals surface area (Å²) in [6, 6.07) is 20.1. The Labute approximate surface area is 337 Å². The average molecular weight is 817 g/mol. The van der Waals surface area contributed by atoms with E-state index < -0.39 is 35.0 Å². The van der Waals surface area contributed by atoms with Crippen LogP contribution in [0, 0.1) is 0 Å². The number of amides is 1. The van der Waals surface area contributed by atoms with E-state index in [1.54, 1.807) is 37.8 Å². The van der Waals surface area contributed by atoms with Gasteiger partial charge in [0, 0.05) is 62.5 Å². The monoisotopic (exact) mass is 816 g/mol. The highest BCUT2D eigenvalue weighted by atomic mass is 32.1. The van der Waals surface area contributed by atoms with Gasteiger partial charge in [0.1, 0.15) is 29.3 Å². The first kappa shape index (κ1) is 40.6. The Morgan fingerprint density at radius 2 is 1.60 bits per heavy atom. The molecule has 7 rings (SSSR count). The highest BCUT2D eigenvalue weighted by Crippen LogP contribution is 2.44. The topological polar surface area (TPSA) is 137 Å². The standard InChI is InChI=1S/C42H43F3N6O6S/c1-41(2,3)57-39(55)37-28(27-9-7-12-32(36(27)42(43,44)45)56-23-22-49-18-20-50(21-19-49)25-35(52)53)14-15-34(47-37)51-17-16-26-8-6-10-29(30(26)24-51)38(54)48-40-46-31-11-4-5-13-33(31)58-40/h4-15H,16-25H2,1-3H3,(H,52,53)(H,46,48,54). The summed E-state index contributed by atoms with van der Waals surface area (Å²) in [4.78, 5) is 53.5. The van der Waals surface area contributed by atoms with Crippen molar-refractivity contribution in [2.24, 2.45) is 0 Å². The van der Waals surface area contributed by atoms with Crippen LogP contribution in [0.5, 0.6) is 5.75 Å². The SMILES string of the molecule is CC(C)(C)OC(=O)c1nc(N2CCc3cccc(C(=O)Nc4nc5ccccc5s4)c3C2)ccc1-c1cccc(OCCN2CCN(CC(=O)O)CC2)c1C(F)(F)F. The zero-order chi connectivity index (χ0) is 41.2. The van der Waals surface area contributed by atoms with Crippen LogP contribution in [0.25, 0.3) is 21.3 Å². The fraction of sp³-hybridized carbons (Fsp3) is 0.357. The maximum absolute atomic E-state index is 15.0. The van der Waals surface area contributed by atoms with Gasteiger partial charge in [0.15, 0.2) is 10.8 Å². The number of pyridine rings is 1. The number of aliphatic carboxylic acids is 1. The highest BCUT2D eigenvalue weighted by Gasteiger charge is 2.39. The van der Waals surface area contributed by atoms with Gasteiger partial charge in [-0.25, -0.2) is 14.8 Å². The van der Waals surface area contributed by atoms with Gasteiger partial charge in [0.05, 0.1) is 16.8 Å². The van der Waals surface area contributed by atoms with Crippen LogP contribution in [0.15, 0.2) is 72.8 Å². The molecule has 0 aliphatic carbocycles. The van der Waals surface area contributed by atoms with Crippen molar-refractivity contribution in [1.82, 2.24) is 19.8 Å². The molecular weight excluding hydrogens is 774 g/mol. The molecule has 12 nitrogen and oxygen atoms in total. The summed E-state index contributed by atoms with van der Waals surface area (Å²) in [5.41, 5.74) is 0.313. The molecule has 304 valence electrons. The number of carbonyl (C=O) groups excluding carboxylic acids is 2. The van der Waals surface area contributed by atoms with Crippen LogP contribution < -0.4 is 15.0 Å². The lowest BCUT2D eigenvalue weighted by Crippen LogP contribution is -2.48. The van der Waals surface area contributed by atoms with Crippen molar-refractivity contribution in [2.75, 3.05) is 62.6 Å². The van der Waals surface area contributed by atoms with Crippen molar-refractivity contribution in [1.29, 1.82) is 0 Å². The summed E-state index contributed by atoms with van der Waals surface area (Å²) in [7, 11) is 0. The molecule has 1 saturated heterocycles. The van der Waals surface area contributed by atoms with Crippen molar-refractivity contribution in [3.63, 3.8) is 0 Å². The van der Waals surface area contributed by atoms with Gasteiger partial charge in [-0.15, -0.1) is 0 Å². The molecule has 0 radical (unpaired) electrons. The van der Waals surface area contributed by atoms with E-state index in [9.17, 15) is 14.4 Å². The summed E-state index contributed by atoms with van der Waals surface area (Å²) < 4.78 is 57.5. The number of nitrogens with zero attached hydrogens (tertiary/aromatic N) is 5. The van der Waals surface area contributed by atoms with Crippen molar-refractivity contribution in [2.45, 2.75) is 45.5 Å². The van der Waals surface area contributed by atoms with Gasteiger partial charge >= 0.3 is 18.1 Å². The first-order valence-corrected chi connectivity index (χ1v) is 19.7. The number of rotatable bonds is 11. The Morgan fingerprint density at radius 3 is 2.33 bits per heavy atom. The Morgan fingerprint density at radius 1 is 0.862 bits per heavy atom. The van der Waals surface area contributed by atoms with E-state index in [1.165, 1.54) is 35.6 Å². The normalized spacial score (nSPS) is 15.2. The van der Waals surface area contributed by atoms with E-state index in [4.69, 9.17) is 14.6 Å². The summed E-state index contributed by atoms with van der Waals surface area (Å²) in [5, 5.41) is 12.5. The van der Waals surface area contributed by atoms with Crippen LogP contribution in [-0.2, 0) is 28.7 Å². The van der Waals surface area contributed by atoms with Gasteiger partial charge in [0.2, 0.25) is 0 Å². The number of thiazole rings is 1. The number of carboxylic acid groups (broad SMARTS) is 1. The van der Waals surface area contributed by atoms with Crippen LogP contribution in [0.1, 0.15) is 58.3 Å². The second kappa shape index (κ2) is 16.7. The van der Waals surface area contributed by atoms with Gasteiger partial charge < -0.3 is 19.5 Å². The van der Waals surface area contributed by atoms with Crippen molar-refractivity contribution < 1.29 is 42.1 Å². The van der Waals surface area contributed by atoms with Gasteiger partial charge in [-0.05, 0) is 74.7 Å². The fourth-order valence-corrected chi connectivity index (χ4v) is 8.08. The zero-order valence-corrected chi connectivity index (χ0v) is 33.1. The number of halogens is 3. The Balaban J connectivity index is 1.16. The molecule has 0 unspecified atom stereocenters. The molecule has 16 heteroatoms. The van der Waals surface area contributed by atoms with Gasteiger partial charge in [-0.2, -0.15) is 13.2 Å². The molecular formula is C42H43F3N6O6S. The minimum absolute atomic E-state index is 0.0430. The molecule has 3 aromatic carbocycles. The molecule has 0 bridgehead atoms. The van der Waals surface area contributed by atoms with Crippen molar-refractivity contribution in [3.05, 3.63) is 101 Å². The number of piperazine rings is 1. The number of para-hydroxylation sites is 1. The van der Waals surface area contributed by atoms with Crippen LogP contribution in [0.4, 0.5) is 24.1 Å². The maximum Gasteiger partial charge on any atom is 0.420 e. The van der Waals surface area contributed by atoms with Gasteiger partial charge in [-0.3, -0.25) is 24.7 Å². The first-order valence-electron chi connectivity index (χ1n) is 18.9. The van der Waals surface area contributed by atoms with Crippen LogP contribution in [0.2, 0.25) is 0 Å². The molecule has 0 spiro atoms. The highest BCUT2D eigenvalue weighted by molar-refractivity contribution is 7.22. The Kier molecular flexibility index (Phi) is 11.7. The lowest BCUT2D eigenvalue weighted by Gasteiger charge is -2.33. The third kappa shape index (κ3) is 9.41. The third-order valence-corrected chi connectivity index (χ3v) is 10.9. The van der Waals surface area contributed by atoms with Crippen molar-refractivity contribution >= 4 is 50.3 Å². The summed E-state index contributed by atoms with van der Waals surface area (Å²) in [6.45, 7) is 8.12. The Bertz CT molecular complexity index is 2300. The number of carboxylic acids is 1. The zero-order valence-electron chi connectivity index (χ0n) is 32.3. The van der Waals surface area contributed by atoms with E-state index in [-0.39, 0.29) is 42.4 Å². The van der Waals surface area contributed by atoms with E-state index in [0.29, 0.717) is 62.2 Å². The molecule has 5 aromatic rings. The summed E-state index contributed by atoms with van der Waals surface area (Å²) >= 11 is 1.37. The van der Waals surface area contributed by atoms with Crippen LogP contribution in [-0.4, -0.2) is 101 Å². The number of benzene rings is 3. The largest absolute Gasteiger partial charge is 0.492 e. The van der Waals surface area contributed by atoms with Gasteiger partial charge in [-0.1, -0.05) is 47.7 Å². The van der Waals surface area contributed by atoms with E-state index in [1.807, 2.05) is 46.2 Å². The molecule has 2 N–H and O–H groups in total. The molecule has 2 aromatic heterocycles. The number of anilines is 2. The molecule has 1 fully saturated rings. The third-order valence-electron chi connectivity index (χ3n) is 9.92. The van der Waals surface area contributed by atoms with Crippen molar-refractivity contribution in [3.8, 4) is 16.9 Å². The second-order valence-corrected chi connectivity index (χ2v) is 16.2. The number of aromatic nitrogens is 2. The quantitative estimate of drug-likeness (QED) is 0.131.